The molecular formula is C8H17N5O4. The molecule has 0 amide bonds. The number of rotatable bonds is 3. The third kappa shape index (κ3) is 16.4. The maximum Gasteiger partial charge on any atom is 0.303 e. The van der Waals surface area contributed by atoms with Gasteiger partial charge in [-0.15, -0.1) is 0 Å². The third-order valence-corrected chi connectivity index (χ3v) is 1.21. The molecule has 0 heterocycles. The zero-order chi connectivity index (χ0) is 14.0. The number of hydrogen-bond donors (Lipinski definition) is 5. The van der Waals surface area contributed by atoms with Crippen LogP contribution in [0, 0.1) is 5.41 Å². The molecule has 0 radical (unpaired) electrons. The summed E-state index contributed by atoms with van der Waals surface area (Å²) in [6.07, 6.45) is -0.593. The van der Waals surface area contributed by atoms with Gasteiger partial charge in [0.25, 0.3) is 0 Å². The minimum absolute atomic E-state index is 0.0509. The van der Waals surface area contributed by atoms with E-state index < -0.39 is 11.9 Å². The van der Waals surface area contributed by atoms with Gasteiger partial charge in [-0.2, -0.15) is 4.99 Å². The second kappa shape index (κ2) is 8.95. The lowest BCUT2D eigenvalue weighted by Crippen LogP contribution is -2.28. The van der Waals surface area contributed by atoms with Crippen LogP contribution in [0.25, 0.3) is 0 Å². The van der Waals surface area contributed by atoms with E-state index in [1.165, 1.54) is 4.90 Å². The van der Waals surface area contributed by atoms with E-state index in [1.54, 1.807) is 14.1 Å². The van der Waals surface area contributed by atoms with E-state index in [1.807, 2.05) is 0 Å². The Kier molecular flexibility index (Phi) is 8.99. The fourth-order valence-corrected chi connectivity index (χ4v) is 0.436. The van der Waals surface area contributed by atoms with E-state index in [9.17, 15) is 9.59 Å². The summed E-state index contributed by atoms with van der Waals surface area (Å²) in [6, 6.07) is 0. The number of hydrogen-bond acceptors (Lipinski definition) is 3. The van der Waals surface area contributed by atoms with Gasteiger partial charge < -0.3 is 26.6 Å². The molecule has 0 aromatic rings. The number of guanidine groups is 2. The molecule has 0 spiro atoms. The maximum atomic E-state index is 9.64. The number of nitrogens with one attached hydrogen (secondary N) is 1. The normalized spacial score (nSPS) is 8.35. The van der Waals surface area contributed by atoms with Crippen LogP contribution in [0.4, 0.5) is 0 Å². The van der Waals surface area contributed by atoms with Gasteiger partial charge in [0.15, 0.2) is 5.96 Å². The minimum Gasteiger partial charge on any atom is -0.481 e. The molecule has 0 aromatic carbocycles. The highest BCUT2D eigenvalue weighted by molar-refractivity contribution is 5.91. The van der Waals surface area contributed by atoms with Gasteiger partial charge in [-0.25, -0.2) is 0 Å². The molecule has 0 fully saturated rings. The van der Waals surface area contributed by atoms with Crippen molar-refractivity contribution >= 4 is 23.9 Å². The Balaban J connectivity index is 0. The average Bonchev–Trinajstić information content (AvgIpc) is 2.14. The van der Waals surface area contributed by atoms with Gasteiger partial charge in [0.2, 0.25) is 5.96 Å². The average molecular weight is 247 g/mol. The standard InChI is InChI=1S/C4H11N5.C4H6O4/c1-9(2)4(7)8-3(5)6;5-3(6)1-2-4(7)8/h1-2H3,(H5,5,6,7,8);1-2H2,(H,5,6)(H,7,8). The molecule has 0 bridgehead atoms. The van der Waals surface area contributed by atoms with Gasteiger partial charge in [0.05, 0.1) is 12.8 Å². The molecular weight excluding hydrogens is 230 g/mol. The molecule has 0 aliphatic carbocycles. The molecule has 9 nitrogen and oxygen atoms in total. The molecule has 0 aliphatic rings. The largest absolute Gasteiger partial charge is 0.481 e. The fraction of sp³-hybridized carbons (Fsp3) is 0.500. The highest BCUT2D eigenvalue weighted by atomic mass is 16.4. The lowest BCUT2D eigenvalue weighted by molar-refractivity contribution is -0.143. The predicted molar refractivity (Wildman–Crippen MR) is 61.7 cm³/mol. The summed E-state index contributed by atoms with van der Waals surface area (Å²) in [7, 11) is 3.38. The number of carbonyl (C=O) groups is 2. The summed E-state index contributed by atoms with van der Waals surface area (Å²) >= 11 is 0. The predicted octanol–water partition coefficient (Wildman–Crippen LogP) is -1.31. The molecule has 0 aliphatic heterocycles. The Morgan fingerprint density at radius 1 is 1.18 bits per heavy atom. The van der Waals surface area contributed by atoms with Crippen molar-refractivity contribution in [1.29, 1.82) is 5.41 Å². The second-order valence-corrected chi connectivity index (χ2v) is 3.04. The van der Waals surface area contributed by atoms with E-state index >= 15 is 0 Å². The van der Waals surface area contributed by atoms with Crippen molar-refractivity contribution in [2.45, 2.75) is 12.8 Å². The summed E-state index contributed by atoms with van der Waals surface area (Å²) in [4.78, 5) is 24.2. The van der Waals surface area contributed by atoms with Crippen molar-refractivity contribution in [2.24, 2.45) is 16.5 Å². The first-order chi connectivity index (χ1) is 7.66. The van der Waals surface area contributed by atoms with E-state index in [4.69, 9.17) is 27.1 Å². The smallest absolute Gasteiger partial charge is 0.303 e. The maximum absolute atomic E-state index is 9.64. The number of aliphatic imine (C=N–C) groups is 1. The zero-order valence-corrected chi connectivity index (χ0v) is 9.67. The first-order valence-electron chi connectivity index (χ1n) is 4.46. The molecule has 9 heteroatoms. The Morgan fingerprint density at radius 2 is 1.53 bits per heavy atom. The molecule has 0 saturated heterocycles. The molecule has 0 atom stereocenters. The summed E-state index contributed by atoms with van der Waals surface area (Å²) in [6.45, 7) is 0. The monoisotopic (exact) mass is 247 g/mol. The molecule has 0 aromatic heterocycles. The second-order valence-electron chi connectivity index (χ2n) is 3.04. The molecule has 7 N–H and O–H groups in total. The Hall–Kier alpha value is -2.32. The quantitative estimate of drug-likeness (QED) is 0.305. The topological polar surface area (TPSA) is 166 Å². The van der Waals surface area contributed by atoms with Crippen molar-refractivity contribution in [2.75, 3.05) is 14.1 Å². The van der Waals surface area contributed by atoms with E-state index in [2.05, 4.69) is 4.99 Å². The van der Waals surface area contributed by atoms with Crippen LogP contribution in [0.5, 0.6) is 0 Å². The highest BCUT2D eigenvalue weighted by Gasteiger charge is 2.00. The van der Waals surface area contributed by atoms with Gasteiger partial charge >= 0.3 is 11.9 Å². The SMILES string of the molecule is CN(C)C(=N)N=C(N)N.O=C(O)CCC(=O)O. The van der Waals surface area contributed by atoms with Crippen LogP contribution in [0.3, 0.4) is 0 Å². The number of aliphatic carboxylic acids is 2. The van der Waals surface area contributed by atoms with Gasteiger partial charge in [-0.05, 0) is 0 Å². The summed E-state index contributed by atoms with van der Waals surface area (Å²) < 4.78 is 0. The Morgan fingerprint density at radius 3 is 1.65 bits per heavy atom. The number of carboxylic acid groups (broad SMARTS) is 2. The van der Waals surface area contributed by atoms with Crippen molar-refractivity contribution in [3.63, 3.8) is 0 Å². The highest BCUT2D eigenvalue weighted by Crippen LogP contribution is 1.86. The summed E-state index contributed by atoms with van der Waals surface area (Å²) in [5, 5.41) is 22.9. The van der Waals surface area contributed by atoms with Crippen LogP contribution in [0.15, 0.2) is 4.99 Å². The first-order valence-corrected chi connectivity index (χ1v) is 4.46. The van der Waals surface area contributed by atoms with Crippen LogP contribution in [0.2, 0.25) is 0 Å². The Bertz CT molecular complexity index is 295. The third-order valence-electron chi connectivity index (χ3n) is 1.21. The van der Waals surface area contributed by atoms with Gasteiger partial charge in [0, 0.05) is 14.1 Å². The molecule has 98 valence electrons. The van der Waals surface area contributed by atoms with E-state index in [-0.39, 0.29) is 24.8 Å². The Labute approximate surface area is 98.2 Å². The zero-order valence-electron chi connectivity index (χ0n) is 9.67. The number of carboxylic acids is 2. The molecule has 0 rings (SSSR count). The van der Waals surface area contributed by atoms with Crippen LogP contribution < -0.4 is 11.5 Å². The molecule has 0 unspecified atom stereocenters. The number of nitrogens with zero attached hydrogens (tertiary/aromatic N) is 2. The lowest BCUT2D eigenvalue weighted by atomic mass is 10.3. The van der Waals surface area contributed by atoms with Crippen molar-refractivity contribution in [3.05, 3.63) is 0 Å². The van der Waals surface area contributed by atoms with Crippen molar-refractivity contribution < 1.29 is 19.8 Å². The van der Waals surface area contributed by atoms with Gasteiger partial charge in [0.1, 0.15) is 0 Å². The van der Waals surface area contributed by atoms with Crippen LogP contribution in [0.1, 0.15) is 12.8 Å². The first kappa shape index (κ1) is 17.1. The lowest BCUT2D eigenvalue weighted by Gasteiger charge is -2.07. The number of nitrogens with two attached hydrogens (primary N) is 2. The summed E-state index contributed by atoms with van der Waals surface area (Å²) in [5.74, 6) is -2.19. The van der Waals surface area contributed by atoms with Gasteiger partial charge in [-0.1, -0.05) is 0 Å². The van der Waals surface area contributed by atoms with Crippen LogP contribution in [-0.4, -0.2) is 53.1 Å². The fourth-order valence-electron chi connectivity index (χ4n) is 0.436. The van der Waals surface area contributed by atoms with Crippen LogP contribution in [-0.2, 0) is 9.59 Å². The molecule has 0 saturated carbocycles. The molecule has 17 heavy (non-hydrogen) atoms. The van der Waals surface area contributed by atoms with Crippen molar-refractivity contribution in [1.82, 2.24) is 4.90 Å². The van der Waals surface area contributed by atoms with Crippen LogP contribution >= 0.6 is 0 Å². The van der Waals surface area contributed by atoms with Crippen molar-refractivity contribution in [3.8, 4) is 0 Å². The summed E-state index contributed by atoms with van der Waals surface area (Å²) in [5.41, 5.74) is 9.98. The minimum atomic E-state index is -1.08. The van der Waals surface area contributed by atoms with Gasteiger partial charge in [-0.3, -0.25) is 15.0 Å². The van der Waals surface area contributed by atoms with E-state index in [0.29, 0.717) is 0 Å². The van der Waals surface area contributed by atoms with E-state index in [0.717, 1.165) is 0 Å².